The Morgan fingerprint density at radius 3 is 2.38 bits per heavy atom. The van der Waals surface area contributed by atoms with Crippen LogP contribution in [0, 0.1) is 0 Å². The van der Waals surface area contributed by atoms with Crippen molar-refractivity contribution in [2.24, 2.45) is 0 Å². The van der Waals surface area contributed by atoms with Crippen molar-refractivity contribution >= 4 is 23.5 Å². The molecular weight excluding hydrogens is 350 g/mol. The molecule has 26 heavy (non-hydrogen) atoms. The number of hydrogen-bond donors (Lipinski definition) is 0. The van der Waals surface area contributed by atoms with Crippen molar-refractivity contribution in [1.29, 1.82) is 0 Å². The van der Waals surface area contributed by atoms with Crippen LogP contribution >= 0.6 is 11.6 Å². The van der Waals surface area contributed by atoms with E-state index in [0.717, 1.165) is 11.1 Å². The van der Waals surface area contributed by atoms with Crippen LogP contribution in [0.15, 0.2) is 54.6 Å². The molecule has 2 aromatic carbocycles. The summed E-state index contributed by atoms with van der Waals surface area (Å²) >= 11 is 6.00. The minimum atomic E-state index is -0.716. The third-order valence-corrected chi connectivity index (χ3v) is 5.27. The van der Waals surface area contributed by atoms with Gasteiger partial charge >= 0.3 is 5.97 Å². The first-order valence-electron chi connectivity index (χ1n) is 8.74. The molecule has 0 bridgehead atoms. The second-order valence-corrected chi connectivity index (χ2v) is 7.10. The fourth-order valence-electron chi connectivity index (χ4n) is 3.48. The minimum absolute atomic E-state index is 0.0407. The van der Waals surface area contributed by atoms with E-state index in [0.29, 0.717) is 31.0 Å². The second kappa shape index (κ2) is 7.92. The monoisotopic (exact) mass is 371 g/mol. The number of benzene rings is 2. The summed E-state index contributed by atoms with van der Waals surface area (Å²) in [6, 6.07) is 17.0. The summed E-state index contributed by atoms with van der Waals surface area (Å²) in [5, 5.41) is 0.617. The van der Waals surface area contributed by atoms with Gasteiger partial charge in [-0.05, 0) is 36.1 Å². The van der Waals surface area contributed by atoms with Crippen molar-refractivity contribution in [2.75, 3.05) is 13.1 Å². The van der Waals surface area contributed by atoms with Crippen LogP contribution in [0.2, 0.25) is 5.02 Å². The Balaban J connectivity index is 1.80. The molecule has 1 saturated heterocycles. The number of halogens is 1. The molecule has 3 rings (SSSR count). The first-order valence-corrected chi connectivity index (χ1v) is 9.12. The lowest BCUT2D eigenvalue weighted by molar-refractivity contribution is -0.155. The third-order valence-electron chi connectivity index (χ3n) is 5.04. The van der Waals surface area contributed by atoms with Gasteiger partial charge in [0.25, 0.3) is 0 Å². The van der Waals surface area contributed by atoms with Gasteiger partial charge in [-0.25, -0.2) is 0 Å². The van der Waals surface area contributed by atoms with Gasteiger partial charge in [-0.2, -0.15) is 0 Å². The molecule has 0 aromatic heterocycles. The molecule has 4 nitrogen and oxygen atoms in total. The Hall–Kier alpha value is -2.33. The summed E-state index contributed by atoms with van der Waals surface area (Å²) in [4.78, 5) is 26.5. The van der Waals surface area contributed by atoms with Gasteiger partial charge in [0, 0.05) is 25.0 Å². The summed E-state index contributed by atoms with van der Waals surface area (Å²) < 4.78 is 5.68. The molecule has 0 spiro atoms. The van der Waals surface area contributed by atoms with Crippen LogP contribution in [0.25, 0.3) is 0 Å². The molecule has 1 fully saturated rings. The molecule has 0 saturated carbocycles. The Bertz CT molecular complexity index is 783. The third kappa shape index (κ3) is 3.91. The Morgan fingerprint density at radius 1 is 1.08 bits per heavy atom. The molecule has 0 N–H and O–H groups in total. The topological polar surface area (TPSA) is 46.6 Å². The van der Waals surface area contributed by atoms with E-state index in [9.17, 15) is 9.59 Å². The molecule has 136 valence electrons. The molecule has 1 aliphatic rings. The number of piperidine rings is 1. The lowest BCUT2D eigenvalue weighted by atomic mass is 9.72. The highest BCUT2D eigenvalue weighted by atomic mass is 35.5. The standard InChI is InChI=1S/C21H22ClNO3/c1-16(24)23-12-10-21(11-13-23,18-7-3-2-4-8-18)20(25)26-15-17-6-5-9-19(22)14-17/h2-9,14H,10-13,15H2,1H3. The van der Waals surface area contributed by atoms with Crippen molar-refractivity contribution in [3.8, 4) is 0 Å². The number of carbonyl (C=O) groups excluding carboxylic acids is 2. The van der Waals surface area contributed by atoms with Crippen molar-refractivity contribution in [2.45, 2.75) is 31.8 Å². The summed E-state index contributed by atoms with van der Waals surface area (Å²) in [6.07, 6.45) is 1.12. The van der Waals surface area contributed by atoms with E-state index >= 15 is 0 Å². The number of carbonyl (C=O) groups is 2. The van der Waals surface area contributed by atoms with Gasteiger partial charge in [0.05, 0.1) is 5.41 Å². The molecule has 0 radical (unpaired) electrons. The van der Waals surface area contributed by atoms with E-state index in [-0.39, 0.29) is 18.5 Å². The van der Waals surface area contributed by atoms with Gasteiger partial charge in [-0.1, -0.05) is 54.1 Å². The van der Waals surface area contributed by atoms with E-state index in [4.69, 9.17) is 16.3 Å². The Labute approximate surface area is 158 Å². The normalized spacial score (nSPS) is 16.2. The first-order chi connectivity index (χ1) is 12.5. The largest absolute Gasteiger partial charge is 0.460 e. The van der Waals surface area contributed by atoms with Crippen LogP contribution in [-0.2, 0) is 26.3 Å². The average molecular weight is 372 g/mol. The van der Waals surface area contributed by atoms with Gasteiger partial charge in [0.1, 0.15) is 6.61 Å². The average Bonchev–Trinajstić information content (AvgIpc) is 2.67. The highest BCUT2D eigenvalue weighted by Crippen LogP contribution is 2.37. The van der Waals surface area contributed by atoms with Crippen molar-refractivity contribution < 1.29 is 14.3 Å². The number of hydrogen-bond acceptors (Lipinski definition) is 3. The number of esters is 1. The van der Waals surface area contributed by atoms with Crippen molar-refractivity contribution in [3.05, 3.63) is 70.7 Å². The SMILES string of the molecule is CC(=O)N1CCC(C(=O)OCc2cccc(Cl)c2)(c2ccccc2)CC1. The van der Waals surface area contributed by atoms with Gasteiger partial charge < -0.3 is 9.64 Å². The van der Waals surface area contributed by atoms with Gasteiger partial charge in [-0.15, -0.1) is 0 Å². The molecule has 0 unspecified atom stereocenters. The lowest BCUT2D eigenvalue weighted by Gasteiger charge is -2.40. The van der Waals surface area contributed by atoms with Crippen LogP contribution < -0.4 is 0 Å². The molecule has 1 aliphatic heterocycles. The number of amides is 1. The van der Waals surface area contributed by atoms with Crippen LogP contribution in [0.1, 0.15) is 30.9 Å². The molecule has 1 heterocycles. The number of ether oxygens (including phenoxy) is 1. The fraction of sp³-hybridized carbons (Fsp3) is 0.333. The fourth-order valence-corrected chi connectivity index (χ4v) is 3.70. The maximum Gasteiger partial charge on any atom is 0.317 e. The van der Waals surface area contributed by atoms with Crippen molar-refractivity contribution in [3.63, 3.8) is 0 Å². The predicted octanol–water partition coefficient (Wildman–Crippen LogP) is 3.96. The molecule has 0 aliphatic carbocycles. The lowest BCUT2D eigenvalue weighted by Crippen LogP contribution is -2.49. The molecule has 2 aromatic rings. The van der Waals surface area contributed by atoms with Crippen LogP contribution in [-0.4, -0.2) is 29.9 Å². The summed E-state index contributed by atoms with van der Waals surface area (Å²) in [5.74, 6) is -0.203. The number of nitrogens with zero attached hydrogens (tertiary/aromatic N) is 1. The molecular formula is C21H22ClNO3. The number of likely N-dealkylation sites (tertiary alicyclic amines) is 1. The quantitative estimate of drug-likeness (QED) is 0.764. The van der Waals surface area contributed by atoms with E-state index in [1.165, 1.54) is 0 Å². The maximum absolute atomic E-state index is 13.1. The smallest absolute Gasteiger partial charge is 0.317 e. The first kappa shape index (κ1) is 18.5. The Kier molecular flexibility index (Phi) is 5.62. The predicted molar refractivity (Wildman–Crippen MR) is 101 cm³/mol. The van der Waals surface area contributed by atoms with E-state index in [2.05, 4.69) is 0 Å². The molecule has 5 heteroatoms. The zero-order valence-electron chi connectivity index (χ0n) is 14.8. The van der Waals surface area contributed by atoms with E-state index in [1.54, 1.807) is 24.0 Å². The van der Waals surface area contributed by atoms with Gasteiger partial charge in [-0.3, -0.25) is 9.59 Å². The summed E-state index contributed by atoms with van der Waals surface area (Å²) in [5.41, 5.74) is 1.08. The summed E-state index contributed by atoms with van der Waals surface area (Å²) in [7, 11) is 0. The summed E-state index contributed by atoms with van der Waals surface area (Å²) in [6.45, 7) is 2.85. The van der Waals surface area contributed by atoms with E-state index < -0.39 is 5.41 Å². The minimum Gasteiger partial charge on any atom is -0.460 e. The maximum atomic E-state index is 13.1. The zero-order valence-corrected chi connectivity index (χ0v) is 15.5. The van der Waals surface area contributed by atoms with E-state index in [1.807, 2.05) is 42.5 Å². The number of rotatable bonds is 4. The second-order valence-electron chi connectivity index (χ2n) is 6.66. The molecule has 1 amide bonds. The Morgan fingerprint density at radius 2 is 1.77 bits per heavy atom. The van der Waals surface area contributed by atoms with Crippen molar-refractivity contribution in [1.82, 2.24) is 4.90 Å². The zero-order chi connectivity index (χ0) is 18.6. The van der Waals surface area contributed by atoms with Crippen LogP contribution in [0.4, 0.5) is 0 Å². The molecule has 0 atom stereocenters. The highest BCUT2D eigenvalue weighted by molar-refractivity contribution is 6.30. The van der Waals surface area contributed by atoms with Gasteiger partial charge in [0.2, 0.25) is 5.91 Å². The van der Waals surface area contributed by atoms with Crippen LogP contribution in [0.5, 0.6) is 0 Å². The highest BCUT2D eigenvalue weighted by Gasteiger charge is 2.44. The van der Waals surface area contributed by atoms with Gasteiger partial charge in [0.15, 0.2) is 0 Å². The van der Waals surface area contributed by atoms with Crippen LogP contribution in [0.3, 0.4) is 0 Å².